The molecule has 3 heterocycles. The number of nitro groups is 1. The van der Waals surface area contributed by atoms with Crippen LogP contribution < -0.4 is 4.90 Å². The summed E-state index contributed by atoms with van der Waals surface area (Å²) >= 11 is 0. The molecule has 0 radical (unpaired) electrons. The summed E-state index contributed by atoms with van der Waals surface area (Å²) in [4.78, 5) is 25.8. The topological polar surface area (TPSA) is 87.9 Å². The van der Waals surface area contributed by atoms with Gasteiger partial charge in [-0.3, -0.25) is 15.1 Å². The number of anilines is 1. The first kappa shape index (κ1) is 15.6. The summed E-state index contributed by atoms with van der Waals surface area (Å²) in [5.74, 6) is 0.882. The van der Waals surface area contributed by atoms with Crippen molar-refractivity contribution in [2.24, 2.45) is 0 Å². The number of nitrogens with zero attached hydrogens (tertiary/aromatic N) is 4. The minimum absolute atomic E-state index is 0.0280. The Kier molecular flexibility index (Phi) is 3.63. The maximum Gasteiger partial charge on any atom is 0.301 e. The maximum absolute atomic E-state index is 11.8. The molecule has 0 amide bonds. The minimum Gasteiger partial charge on any atom is -0.356 e. The van der Waals surface area contributed by atoms with E-state index in [0.29, 0.717) is 16.6 Å². The number of aryl methyl sites for hydroxylation is 2. The molecule has 7 heteroatoms. The summed E-state index contributed by atoms with van der Waals surface area (Å²) in [6.07, 6.45) is 3.55. The molecule has 1 saturated heterocycles. The number of nitrogens with one attached hydrogen (secondary N) is 1. The zero-order valence-electron chi connectivity index (χ0n) is 14.2. The van der Waals surface area contributed by atoms with Crippen molar-refractivity contribution in [3.8, 4) is 0 Å². The van der Waals surface area contributed by atoms with Gasteiger partial charge in [0, 0.05) is 18.4 Å². The van der Waals surface area contributed by atoms with Gasteiger partial charge in [-0.1, -0.05) is 0 Å². The number of hydrogen-bond donors (Lipinski definition) is 1. The second kappa shape index (κ2) is 5.84. The minimum atomic E-state index is -0.298. The van der Waals surface area contributed by atoms with Gasteiger partial charge in [-0.05, 0) is 51.0 Å². The van der Waals surface area contributed by atoms with Crippen LogP contribution in [0.15, 0.2) is 30.5 Å². The first-order chi connectivity index (χ1) is 12.1. The molecule has 0 aliphatic carbocycles. The van der Waals surface area contributed by atoms with E-state index in [9.17, 15) is 10.1 Å². The fourth-order valence-electron chi connectivity index (χ4n) is 3.62. The molecule has 0 saturated carbocycles. The van der Waals surface area contributed by atoms with E-state index in [2.05, 4.69) is 19.9 Å². The second-order valence-electron chi connectivity index (χ2n) is 6.44. The van der Waals surface area contributed by atoms with Crippen LogP contribution in [0.2, 0.25) is 0 Å². The quantitative estimate of drug-likeness (QED) is 0.580. The van der Waals surface area contributed by atoms with Crippen LogP contribution in [0.3, 0.4) is 0 Å². The van der Waals surface area contributed by atoms with Crippen molar-refractivity contribution in [3.05, 3.63) is 57.8 Å². The number of aromatic amines is 1. The summed E-state index contributed by atoms with van der Waals surface area (Å²) in [6.45, 7) is 4.74. The molecule has 3 aromatic rings. The van der Waals surface area contributed by atoms with Crippen LogP contribution in [0.1, 0.15) is 36.1 Å². The van der Waals surface area contributed by atoms with Crippen molar-refractivity contribution in [2.75, 3.05) is 11.4 Å². The van der Waals surface area contributed by atoms with Gasteiger partial charge in [0.15, 0.2) is 0 Å². The largest absolute Gasteiger partial charge is 0.356 e. The standard InChI is InChI=1S/C18H19N5O2/c1-11-12(2)21-18(20-11)16-6-4-10-22(16)15-8-7-14-13(5-3-9-19-14)17(15)23(24)25/h3,5,7-9,16H,4,6,10H2,1-2H3,(H,20,21). The van der Waals surface area contributed by atoms with Gasteiger partial charge in [-0.25, -0.2) is 4.98 Å². The van der Waals surface area contributed by atoms with Gasteiger partial charge < -0.3 is 9.88 Å². The number of benzene rings is 1. The molecule has 2 aromatic heterocycles. The van der Waals surface area contributed by atoms with E-state index in [1.165, 1.54) is 0 Å². The number of imidazole rings is 1. The van der Waals surface area contributed by atoms with Crippen molar-refractivity contribution in [1.29, 1.82) is 0 Å². The molecule has 1 atom stereocenters. The second-order valence-corrected chi connectivity index (χ2v) is 6.44. The Hall–Kier alpha value is -2.96. The highest BCUT2D eigenvalue weighted by atomic mass is 16.6. The van der Waals surface area contributed by atoms with Gasteiger partial charge in [0.25, 0.3) is 0 Å². The summed E-state index contributed by atoms with van der Waals surface area (Å²) in [5, 5.41) is 12.4. The highest BCUT2D eigenvalue weighted by molar-refractivity contribution is 5.94. The third kappa shape index (κ3) is 2.52. The van der Waals surface area contributed by atoms with Crippen molar-refractivity contribution in [2.45, 2.75) is 32.7 Å². The molecular weight excluding hydrogens is 318 g/mol. The fourth-order valence-corrected chi connectivity index (χ4v) is 3.62. The van der Waals surface area contributed by atoms with Crippen LogP contribution in [-0.2, 0) is 0 Å². The van der Waals surface area contributed by atoms with E-state index >= 15 is 0 Å². The number of pyridine rings is 1. The number of rotatable bonds is 3. The van der Waals surface area contributed by atoms with E-state index in [1.54, 1.807) is 18.3 Å². The molecule has 1 aromatic carbocycles. The van der Waals surface area contributed by atoms with Crippen LogP contribution in [-0.4, -0.2) is 26.4 Å². The molecule has 25 heavy (non-hydrogen) atoms. The Morgan fingerprint density at radius 1 is 1.32 bits per heavy atom. The van der Waals surface area contributed by atoms with Gasteiger partial charge in [0.05, 0.1) is 27.6 Å². The zero-order chi connectivity index (χ0) is 17.6. The Bertz CT molecular complexity index is 946. The molecule has 1 aliphatic heterocycles. The lowest BCUT2D eigenvalue weighted by Gasteiger charge is -2.25. The third-order valence-electron chi connectivity index (χ3n) is 4.94. The van der Waals surface area contributed by atoms with Gasteiger partial charge in [0.1, 0.15) is 11.5 Å². The Balaban J connectivity index is 1.85. The SMILES string of the molecule is Cc1nc(C2CCCN2c2ccc3ncccc3c2[N+](=O)[O-])[nH]c1C. The third-order valence-corrected chi connectivity index (χ3v) is 4.94. The van der Waals surface area contributed by atoms with Crippen molar-refractivity contribution >= 4 is 22.3 Å². The smallest absolute Gasteiger partial charge is 0.301 e. The van der Waals surface area contributed by atoms with E-state index < -0.39 is 0 Å². The normalized spacial score (nSPS) is 17.4. The van der Waals surface area contributed by atoms with Crippen LogP contribution in [0.5, 0.6) is 0 Å². The van der Waals surface area contributed by atoms with Gasteiger partial charge in [-0.2, -0.15) is 0 Å². The number of nitro benzene ring substituents is 1. The number of fused-ring (bicyclic) bond motifs is 1. The number of hydrogen-bond acceptors (Lipinski definition) is 5. The summed E-state index contributed by atoms with van der Waals surface area (Å²) < 4.78 is 0. The predicted octanol–water partition coefficient (Wildman–Crippen LogP) is 3.82. The molecule has 1 aliphatic rings. The molecule has 0 spiro atoms. The lowest BCUT2D eigenvalue weighted by atomic mass is 10.1. The lowest BCUT2D eigenvalue weighted by molar-refractivity contribution is -0.382. The van der Waals surface area contributed by atoms with Gasteiger partial charge in [-0.15, -0.1) is 0 Å². The molecule has 1 unspecified atom stereocenters. The van der Waals surface area contributed by atoms with E-state index in [4.69, 9.17) is 0 Å². The summed E-state index contributed by atoms with van der Waals surface area (Å²) in [5.41, 5.74) is 3.41. The lowest BCUT2D eigenvalue weighted by Crippen LogP contribution is -2.24. The Morgan fingerprint density at radius 3 is 2.88 bits per heavy atom. The van der Waals surface area contributed by atoms with E-state index in [-0.39, 0.29) is 16.7 Å². The Morgan fingerprint density at radius 2 is 2.16 bits per heavy atom. The first-order valence-corrected chi connectivity index (χ1v) is 8.38. The van der Waals surface area contributed by atoms with Crippen molar-refractivity contribution in [1.82, 2.24) is 15.0 Å². The molecule has 1 fully saturated rings. The van der Waals surface area contributed by atoms with E-state index in [0.717, 1.165) is 36.6 Å². The highest BCUT2D eigenvalue weighted by Gasteiger charge is 2.33. The monoisotopic (exact) mass is 337 g/mol. The summed E-state index contributed by atoms with van der Waals surface area (Å²) in [6, 6.07) is 7.19. The van der Waals surface area contributed by atoms with Crippen LogP contribution in [0, 0.1) is 24.0 Å². The van der Waals surface area contributed by atoms with Crippen molar-refractivity contribution < 1.29 is 4.92 Å². The Labute approximate surface area is 144 Å². The first-order valence-electron chi connectivity index (χ1n) is 8.38. The number of aromatic nitrogens is 3. The summed E-state index contributed by atoms with van der Waals surface area (Å²) in [7, 11) is 0. The highest BCUT2D eigenvalue weighted by Crippen LogP contribution is 2.42. The van der Waals surface area contributed by atoms with E-state index in [1.807, 2.05) is 26.0 Å². The fraction of sp³-hybridized carbons (Fsp3) is 0.333. The van der Waals surface area contributed by atoms with Crippen molar-refractivity contribution in [3.63, 3.8) is 0 Å². The van der Waals surface area contributed by atoms with Gasteiger partial charge in [0.2, 0.25) is 0 Å². The molecular formula is C18H19N5O2. The molecule has 128 valence electrons. The van der Waals surface area contributed by atoms with Crippen LogP contribution in [0.4, 0.5) is 11.4 Å². The average Bonchev–Trinajstić information content (AvgIpc) is 3.20. The molecule has 0 bridgehead atoms. The van der Waals surface area contributed by atoms with Crippen LogP contribution in [0.25, 0.3) is 10.9 Å². The van der Waals surface area contributed by atoms with Gasteiger partial charge >= 0.3 is 5.69 Å². The number of H-pyrrole nitrogens is 1. The van der Waals surface area contributed by atoms with Crippen LogP contribution >= 0.6 is 0 Å². The molecule has 4 rings (SSSR count). The molecule has 1 N–H and O–H groups in total. The average molecular weight is 337 g/mol. The predicted molar refractivity (Wildman–Crippen MR) is 95.8 cm³/mol. The maximum atomic E-state index is 11.8. The zero-order valence-corrected chi connectivity index (χ0v) is 14.2. The molecule has 7 nitrogen and oxygen atoms in total.